The van der Waals surface area contributed by atoms with E-state index in [9.17, 15) is 24.0 Å². The molecule has 240 valence electrons. The number of nitrogens with zero attached hydrogens (tertiary/aromatic N) is 1. The Kier molecular flexibility index (Phi) is 11.6. The Balaban J connectivity index is 1.48. The third-order valence-electron chi connectivity index (χ3n) is 7.69. The Bertz CT molecular complexity index is 1470. The number of rotatable bonds is 14. The van der Waals surface area contributed by atoms with Crippen LogP contribution >= 0.6 is 11.3 Å². The Labute approximate surface area is 267 Å². The van der Waals surface area contributed by atoms with Crippen molar-refractivity contribution in [2.75, 3.05) is 6.54 Å². The van der Waals surface area contributed by atoms with Crippen LogP contribution in [0.4, 0.5) is 4.79 Å². The van der Waals surface area contributed by atoms with Crippen LogP contribution in [0.25, 0.3) is 10.2 Å². The maximum Gasteiger partial charge on any atom is 0.315 e. The summed E-state index contributed by atoms with van der Waals surface area (Å²) in [5.74, 6) is -2.26. The van der Waals surface area contributed by atoms with Crippen molar-refractivity contribution < 1.29 is 24.0 Å². The van der Waals surface area contributed by atoms with Crippen LogP contribution in [-0.4, -0.2) is 59.2 Å². The van der Waals surface area contributed by atoms with Gasteiger partial charge in [0.15, 0.2) is 5.01 Å². The number of amides is 5. The highest BCUT2D eigenvalue weighted by Gasteiger charge is 2.35. The lowest BCUT2D eigenvalue weighted by atomic mass is 9.94. The summed E-state index contributed by atoms with van der Waals surface area (Å²) in [6.45, 7) is 8.26. The van der Waals surface area contributed by atoms with E-state index in [0.717, 1.165) is 10.3 Å². The predicted octanol–water partition coefficient (Wildman–Crippen LogP) is 3.54. The lowest BCUT2D eigenvalue weighted by Crippen LogP contribution is -2.58. The van der Waals surface area contributed by atoms with Gasteiger partial charge in [-0.2, -0.15) is 0 Å². The summed E-state index contributed by atoms with van der Waals surface area (Å²) in [7, 11) is 0. The van der Waals surface area contributed by atoms with Crippen LogP contribution in [0.15, 0.2) is 54.6 Å². The fourth-order valence-corrected chi connectivity index (χ4v) is 6.21. The van der Waals surface area contributed by atoms with E-state index in [0.29, 0.717) is 31.4 Å². The SMILES string of the molecule is CC(C)C[C@H](NC(=O)[C@@H](NC(=O)NCc1ccccc1)C(C)C)C(=O)N[C@@H](C[C@@H]1CCNC1=O)C(=O)c1nc2ccccc2s1. The van der Waals surface area contributed by atoms with E-state index in [1.165, 1.54) is 11.3 Å². The Morgan fingerprint density at radius 3 is 2.24 bits per heavy atom. The van der Waals surface area contributed by atoms with Gasteiger partial charge in [0.05, 0.1) is 16.3 Å². The molecule has 12 heteroatoms. The van der Waals surface area contributed by atoms with Crippen LogP contribution in [0.2, 0.25) is 0 Å². The first-order chi connectivity index (χ1) is 21.5. The average molecular weight is 635 g/mol. The van der Waals surface area contributed by atoms with Gasteiger partial charge in [0.25, 0.3) is 0 Å². The number of para-hydroxylation sites is 1. The highest BCUT2D eigenvalue weighted by atomic mass is 32.1. The molecule has 11 nitrogen and oxygen atoms in total. The molecule has 4 rings (SSSR count). The van der Waals surface area contributed by atoms with E-state index in [4.69, 9.17) is 0 Å². The maximum atomic E-state index is 13.8. The lowest BCUT2D eigenvalue weighted by molar-refractivity contribution is -0.131. The molecule has 1 fully saturated rings. The molecular weight excluding hydrogens is 592 g/mol. The van der Waals surface area contributed by atoms with Crippen molar-refractivity contribution in [2.45, 2.75) is 71.6 Å². The second-order valence-electron chi connectivity index (χ2n) is 12.1. The molecule has 45 heavy (non-hydrogen) atoms. The first kappa shape index (κ1) is 33.6. The Morgan fingerprint density at radius 1 is 0.911 bits per heavy atom. The molecule has 3 aromatic rings. The molecule has 0 radical (unpaired) electrons. The number of hydrogen-bond donors (Lipinski definition) is 5. The molecule has 2 heterocycles. The Hall–Kier alpha value is -4.32. The summed E-state index contributed by atoms with van der Waals surface area (Å²) in [6, 6.07) is 13.4. The van der Waals surface area contributed by atoms with E-state index in [1.807, 2.05) is 68.4 Å². The number of nitrogens with one attached hydrogen (secondary N) is 5. The van der Waals surface area contributed by atoms with Crippen molar-refractivity contribution in [3.8, 4) is 0 Å². The fourth-order valence-electron chi connectivity index (χ4n) is 5.25. The van der Waals surface area contributed by atoms with Gasteiger partial charge < -0.3 is 26.6 Å². The third-order valence-corrected chi connectivity index (χ3v) is 8.74. The van der Waals surface area contributed by atoms with Crippen molar-refractivity contribution in [1.82, 2.24) is 31.6 Å². The van der Waals surface area contributed by atoms with Gasteiger partial charge in [-0.15, -0.1) is 11.3 Å². The zero-order chi connectivity index (χ0) is 32.5. The van der Waals surface area contributed by atoms with Gasteiger partial charge in [-0.1, -0.05) is 70.2 Å². The minimum absolute atomic E-state index is 0.0275. The number of ketones is 1. The quantitative estimate of drug-likeness (QED) is 0.171. The average Bonchev–Trinajstić information content (AvgIpc) is 3.63. The Morgan fingerprint density at radius 2 is 1.60 bits per heavy atom. The molecule has 0 spiro atoms. The van der Waals surface area contributed by atoms with E-state index < -0.39 is 41.9 Å². The topological polar surface area (TPSA) is 158 Å². The molecule has 0 unspecified atom stereocenters. The van der Waals surface area contributed by atoms with Gasteiger partial charge in [0, 0.05) is 19.0 Å². The van der Waals surface area contributed by atoms with Crippen molar-refractivity contribution in [2.24, 2.45) is 17.8 Å². The molecule has 0 aliphatic carbocycles. The van der Waals surface area contributed by atoms with Crippen LogP contribution < -0.4 is 26.6 Å². The molecule has 1 aliphatic rings. The van der Waals surface area contributed by atoms with Gasteiger partial charge in [-0.25, -0.2) is 9.78 Å². The van der Waals surface area contributed by atoms with E-state index >= 15 is 0 Å². The first-order valence-electron chi connectivity index (χ1n) is 15.4. The van der Waals surface area contributed by atoms with Crippen molar-refractivity contribution in [3.63, 3.8) is 0 Å². The molecule has 1 saturated heterocycles. The number of carbonyl (C=O) groups excluding carboxylic acids is 5. The molecule has 0 bridgehead atoms. The van der Waals surface area contributed by atoms with E-state index in [-0.39, 0.29) is 35.0 Å². The van der Waals surface area contributed by atoms with Crippen LogP contribution in [-0.2, 0) is 20.9 Å². The van der Waals surface area contributed by atoms with Crippen molar-refractivity contribution in [1.29, 1.82) is 0 Å². The lowest BCUT2D eigenvalue weighted by Gasteiger charge is -2.27. The van der Waals surface area contributed by atoms with Gasteiger partial charge in [-0.05, 0) is 48.8 Å². The first-order valence-corrected chi connectivity index (χ1v) is 16.2. The highest BCUT2D eigenvalue weighted by molar-refractivity contribution is 7.20. The standard InChI is InChI=1S/C33H42N6O5S/c1-19(2)16-25(37-31(43)27(20(3)4)39-33(44)35-18-21-10-6-5-7-11-21)30(42)36-24(17-22-14-15-34-29(22)41)28(40)32-38-23-12-8-9-13-26(23)45-32/h5-13,19-20,22,24-25,27H,14-18H2,1-4H3,(H,34,41)(H,36,42)(H,37,43)(H2,35,39,44)/t22-,24-,25-,27-/m0/s1. The predicted molar refractivity (Wildman–Crippen MR) is 173 cm³/mol. The number of benzene rings is 2. The smallest absolute Gasteiger partial charge is 0.315 e. The number of Topliss-reactive ketones (excluding diaryl/α,β-unsaturated/α-hetero) is 1. The van der Waals surface area contributed by atoms with Crippen LogP contribution in [0.3, 0.4) is 0 Å². The number of thiazole rings is 1. The zero-order valence-corrected chi connectivity index (χ0v) is 26.9. The van der Waals surface area contributed by atoms with Gasteiger partial charge >= 0.3 is 6.03 Å². The summed E-state index contributed by atoms with van der Waals surface area (Å²) in [5, 5.41) is 14.2. The summed E-state index contributed by atoms with van der Waals surface area (Å²) in [5.41, 5.74) is 1.59. The molecule has 1 aliphatic heterocycles. The van der Waals surface area contributed by atoms with E-state index in [1.54, 1.807) is 13.8 Å². The molecule has 4 atom stereocenters. The molecular formula is C33H42N6O5S. The second kappa shape index (κ2) is 15.6. The largest absolute Gasteiger partial charge is 0.356 e. The summed E-state index contributed by atoms with van der Waals surface area (Å²) < 4.78 is 0.842. The van der Waals surface area contributed by atoms with Gasteiger partial charge in [0.1, 0.15) is 12.1 Å². The summed E-state index contributed by atoms with van der Waals surface area (Å²) >= 11 is 1.24. The monoisotopic (exact) mass is 634 g/mol. The van der Waals surface area contributed by atoms with Crippen molar-refractivity contribution in [3.05, 3.63) is 65.2 Å². The maximum absolute atomic E-state index is 13.8. The van der Waals surface area contributed by atoms with Gasteiger partial charge in [-0.3, -0.25) is 19.2 Å². The van der Waals surface area contributed by atoms with Crippen molar-refractivity contribution >= 4 is 51.1 Å². The molecule has 1 aromatic heterocycles. The number of hydrogen-bond acceptors (Lipinski definition) is 7. The minimum atomic E-state index is -1.01. The number of carbonyl (C=O) groups is 5. The summed E-state index contributed by atoms with van der Waals surface area (Å²) in [6.07, 6.45) is 0.972. The minimum Gasteiger partial charge on any atom is -0.356 e. The van der Waals surface area contributed by atoms with E-state index in [2.05, 4.69) is 31.6 Å². The second-order valence-corrected chi connectivity index (χ2v) is 13.2. The normalized spacial score (nSPS) is 16.6. The van der Waals surface area contributed by atoms with Crippen LogP contribution in [0.5, 0.6) is 0 Å². The number of fused-ring (bicyclic) bond motifs is 1. The molecule has 2 aromatic carbocycles. The number of urea groups is 1. The fraction of sp³-hybridized carbons (Fsp3) is 0.455. The van der Waals surface area contributed by atoms with Gasteiger partial charge in [0.2, 0.25) is 23.5 Å². The highest BCUT2D eigenvalue weighted by Crippen LogP contribution is 2.25. The molecule has 0 saturated carbocycles. The number of aromatic nitrogens is 1. The van der Waals surface area contributed by atoms with Crippen LogP contribution in [0.1, 0.15) is 62.3 Å². The molecule has 5 amide bonds. The van der Waals surface area contributed by atoms with Crippen LogP contribution in [0, 0.1) is 17.8 Å². The summed E-state index contributed by atoms with van der Waals surface area (Å²) in [4.78, 5) is 70.6. The molecule has 5 N–H and O–H groups in total. The zero-order valence-electron chi connectivity index (χ0n) is 26.1. The third kappa shape index (κ3) is 9.34.